The molecule has 1 atom stereocenters. The number of amides is 1. The summed E-state index contributed by atoms with van der Waals surface area (Å²) in [6, 6.07) is 9.02. The Labute approximate surface area is 154 Å². The number of thioether (sulfide) groups is 1. The number of hydrogen-bond donors (Lipinski definition) is 1. The largest absolute Gasteiger partial charge is 0.469 e. The lowest BCUT2D eigenvalue weighted by molar-refractivity contribution is -0.119. The number of carbonyl (C=O) groups excluding carboxylic acids is 1. The number of halogens is 1. The summed E-state index contributed by atoms with van der Waals surface area (Å²) < 4.78 is 10.8. The first-order valence-corrected chi connectivity index (χ1v) is 8.95. The van der Waals surface area contributed by atoms with Gasteiger partial charge in [0.05, 0.1) is 23.6 Å². The second kappa shape index (κ2) is 7.76. The number of rotatable bonds is 6. The van der Waals surface area contributed by atoms with E-state index in [1.807, 2.05) is 26.0 Å². The zero-order valence-electron chi connectivity index (χ0n) is 13.7. The predicted octanol–water partition coefficient (Wildman–Crippen LogP) is 4.26. The maximum absolute atomic E-state index is 12.1. The summed E-state index contributed by atoms with van der Waals surface area (Å²) in [6.45, 7) is 3.73. The van der Waals surface area contributed by atoms with Gasteiger partial charge in [0, 0.05) is 5.02 Å². The van der Waals surface area contributed by atoms with Gasteiger partial charge >= 0.3 is 0 Å². The Balaban J connectivity index is 1.53. The molecule has 3 rings (SSSR count). The van der Waals surface area contributed by atoms with Crippen molar-refractivity contribution in [1.29, 1.82) is 0 Å². The number of hydrogen-bond acceptors (Lipinski definition) is 6. The van der Waals surface area contributed by atoms with Crippen LogP contribution in [0, 0.1) is 6.92 Å². The van der Waals surface area contributed by atoms with Crippen LogP contribution in [0.3, 0.4) is 0 Å². The van der Waals surface area contributed by atoms with Crippen molar-refractivity contribution < 1.29 is 13.6 Å². The van der Waals surface area contributed by atoms with Crippen LogP contribution in [0.5, 0.6) is 0 Å². The van der Waals surface area contributed by atoms with Crippen molar-refractivity contribution in [3.8, 4) is 11.5 Å². The van der Waals surface area contributed by atoms with Crippen molar-refractivity contribution in [2.75, 3.05) is 5.75 Å². The fraction of sp³-hybridized carbons (Fsp3) is 0.235. The molecule has 1 amide bonds. The molecule has 0 aliphatic heterocycles. The van der Waals surface area contributed by atoms with Crippen LogP contribution in [0.25, 0.3) is 11.5 Å². The van der Waals surface area contributed by atoms with Crippen LogP contribution in [0.1, 0.15) is 24.3 Å². The summed E-state index contributed by atoms with van der Waals surface area (Å²) in [5, 5.41) is 11.8. The molecule has 6 nitrogen and oxygen atoms in total. The van der Waals surface area contributed by atoms with Crippen molar-refractivity contribution >= 4 is 29.3 Å². The molecule has 2 aromatic heterocycles. The number of aromatic nitrogens is 2. The smallest absolute Gasteiger partial charge is 0.277 e. The van der Waals surface area contributed by atoms with Crippen LogP contribution < -0.4 is 5.32 Å². The summed E-state index contributed by atoms with van der Waals surface area (Å²) in [7, 11) is 0. The molecule has 0 aliphatic rings. The van der Waals surface area contributed by atoms with E-state index < -0.39 is 0 Å². The SMILES string of the molecule is Cc1occc1-c1nnc(SCC(=O)NC(C)c2ccc(Cl)cc2)o1. The zero-order chi connectivity index (χ0) is 17.8. The molecule has 0 aliphatic carbocycles. The first-order chi connectivity index (χ1) is 12.0. The van der Waals surface area contributed by atoms with Crippen LogP contribution in [0.2, 0.25) is 5.02 Å². The van der Waals surface area contributed by atoms with Crippen LogP contribution in [0.15, 0.2) is 50.7 Å². The summed E-state index contributed by atoms with van der Waals surface area (Å²) in [5.41, 5.74) is 1.73. The third-order valence-corrected chi connectivity index (χ3v) is 4.64. The highest BCUT2D eigenvalue weighted by Crippen LogP contribution is 2.26. The van der Waals surface area contributed by atoms with Crippen molar-refractivity contribution in [3.63, 3.8) is 0 Å². The van der Waals surface area contributed by atoms with E-state index in [0.717, 1.165) is 11.1 Å². The van der Waals surface area contributed by atoms with Gasteiger partial charge < -0.3 is 14.2 Å². The molecule has 0 saturated heterocycles. The molecule has 0 radical (unpaired) electrons. The topological polar surface area (TPSA) is 81.2 Å². The molecule has 2 heterocycles. The number of carbonyl (C=O) groups is 1. The van der Waals surface area contributed by atoms with Gasteiger partial charge in [0.25, 0.3) is 11.1 Å². The van der Waals surface area contributed by atoms with Gasteiger partial charge in [-0.05, 0) is 37.6 Å². The second-order valence-electron chi connectivity index (χ2n) is 5.39. The maximum Gasteiger partial charge on any atom is 0.277 e. The Morgan fingerprint density at radius 3 is 2.72 bits per heavy atom. The summed E-state index contributed by atoms with van der Waals surface area (Å²) in [6.07, 6.45) is 1.56. The fourth-order valence-corrected chi connectivity index (χ4v) is 2.93. The average Bonchev–Trinajstić information content (AvgIpc) is 3.22. The Bertz CT molecular complexity index is 860. The minimum atomic E-state index is -0.119. The number of nitrogens with one attached hydrogen (secondary N) is 1. The molecule has 3 aromatic rings. The van der Waals surface area contributed by atoms with Gasteiger partial charge in [-0.3, -0.25) is 4.79 Å². The molecule has 25 heavy (non-hydrogen) atoms. The van der Waals surface area contributed by atoms with E-state index in [0.29, 0.717) is 21.9 Å². The van der Waals surface area contributed by atoms with Gasteiger partial charge in [-0.2, -0.15) is 0 Å². The van der Waals surface area contributed by atoms with Crippen molar-refractivity contribution in [2.45, 2.75) is 25.1 Å². The van der Waals surface area contributed by atoms with Gasteiger partial charge in [-0.25, -0.2) is 0 Å². The molecule has 1 aromatic carbocycles. The lowest BCUT2D eigenvalue weighted by Crippen LogP contribution is -2.28. The first kappa shape index (κ1) is 17.6. The Hall–Kier alpha value is -2.25. The van der Waals surface area contributed by atoms with E-state index in [4.69, 9.17) is 20.4 Å². The molecule has 0 bridgehead atoms. The van der Waals surface area contributed by atoms with Gasteiger partial charge in [0.15, 0.2) is 0 Å². The van der Waals surface area contributed by atoms with E-state index in [1.165, 1.54) is 11.8 Å². The van der Waals surface area contributed by atoms with Gasteiger partial charge in [-0.15, -0.1) is 10.2 Å². The van der Waals surface area contributed by atoms with E-state index >= 15 is 0 Å². The molecule has 130 valence electrons. The molecule has 0 saturated carbocycles. The van der Waals surface area contributed by atoms with Crippen molar-refractivity contribution in [1.82, 2.24) is 15.5 Å². The van der Waals surface area contributed by atoms with Gasteiger partial charge in [0.1, 0.15) is 5.76 Å². The Kier molecular flexibility index (Phi) is 5.45. The molecule has 1 unspecified atom stereocenters. The lowest BCUT2D eigenvalue weighted by Gasteiger charge is -2.13. The normalized spacial score (nSPS) is 12.1. The molecular formula is C17H16ClN3O3S. The molecule has 1 N–H and O–H groups in total. The Morgan fingerprint density at radius 2 is 2.04 bits per heavy atom. The van der Waals surface area contributed by atoms with Crippen LogP contribution in [-0.4, -0.2) is 21.9 Å². The molecular weight excluding hydrogens is 362 g/mol. The van der Waals surface area contributed by atoms with Crippen LogP contribution in [0.4, 0.5) is 0 Å². The molecule has 8 heteroatoms. The second-order valence-corrected chi connectivity index (χ2v) is 6.76. The highest BCUT2D eigenvalue weighted by Gasteiger charge is 2.15. The minimum absolute atomic E-state index is 0.114. The quantitative estimate of drug-likeness (QED) is 0.646. The molecule has 0 spiro atoms. The zero-order valence-corrected chi connectivity index (χ0v) is 15.2. The standard InChI is InChI=1S/C17H16ClN3O3S/c1-10(12-3-5-13(18)6-4-12)19-15(22)9-25-17-21-20-16(24-17)14-7-8-23-11(14)2/h3-8,10H,9H2,1-2H3,(H,19,22). The third-order valence-electron chi connectivity index (χ3n) is 3.57. The maximum atomic E-state index is 12.1. The van der Waals surface area contributed by atoms with Crippen LogP contribution >= 0.6 is 23.4 Å². The Morgan fingerprint density at radius 1 is 1.28 bits per heavy atom. The molecule has 0 fully saturated rings. The number of aryl methyl sites for hydroxylation is 1. The highest BCUT2D eigenvalue weighted by molar-refractivity contribution is 7.99. The number of benzene rings is 1. The third kappa shape index (κ3) is 4.43. The summed E-state index contributed by atoms with van der Waals surface area (Å²) >= 11 is 7.06. The fourth-order valence-electron chi connectivity index (χ4n) is 2.23. The predicted molar refractivity (Wildman–Crippen MR) is 95.5 cm³/mol. The summed E-state index contributed by atoms with van der Waals surface area (Å²) in [4.78, 5) is 12.1. The van der Waals surface area contributed by atoms with Crippen LogP contribution in [-0.2, 0) is 4.79 Å². The van der Waals surface area contributed by atoms with Gasteiger partial charge in [0.2, 0.25) is 5.91 Å². The number of furan rings is 1. The van der Waals surface area contributed by atoms with Gasteiger partial charge in [-0.1, -0.05) is 35.5 Å². The first-order valence-electron chi connectivity index (χ1n) is 7.58. The van der Waals surface area contributed by atoms with E-state index in [-0.39, 0.29) is 17.7 Å². The van der Waals surface area contributed by atoms with E-state index in [9.17, 15) is 4.79 Å². The number of nitrogens with zero attached hydrogens (tertiary/aromatic N) is 2. The summed E-state index contributed by atoms with van der Waals surface area (Å²) in [5.74, 6) is 1.15. The highest BCUT2D eigenvalue weighted by atomic mass is 35.5. The van der Waals surface area contributed by atoms with Crippen molar-refractivity contribution in [2.24, 2.45) is 0 Å². The average molecular weight is 378 g/mol. The minimum Gasteiger partial charge on any atom is -0.469 e. The van der Waals surface area contributed by atoms with Crippen molar-refractivity contribution in [3.05, 3.63) is 52.9 Å². The lowest BCUT2D eigenvalue weighted by atomic mass is 10.1. The monoisotopic (exact) mass is 377 g/mol. The van der Waals surface area contributed by atoms with E-state index in [2.05, 4.69) is 15.5 Å². The van der Waals surface area contributed by atoms with E-state index in [1.54, 1.807) is 24.5 Å².